The Morgan fingerprint density at radius 2 is 1.68 bits per heavy atom. The molecule has 0 fully saturated rings. The molecule has 3 rings (SSSR count). The summed E-state index contributed by atoms with van der Waals surface area (Å²) in [7, 11) is 0. The summed E-state index contributed by atoms with van der Waals surface area (Å²) in [6.45, 7) is 8.26. The van der Waals surface area contributed by atoms with Crippen LogP contribution in [0.2, 0.25) is 0 Å². The minimum atomic E-state index is -0.318. The first-order chi connectivity index (χ1) is 13.3. The maximum absolute atomic E-state index is 12.9. The van der Waals surface area contributed by atoms with Crippen molar-refractivity contribution in [2.45, 2.75) is 34.1 Å². The van der Waals surface area contributed by atoms with Crippen molar-refractivity contribution in [3.8, 4) is 5.69 Å². The number of nitrogens with zero attached hydrogens (tertiary/aromatic N) is 2. The number of halogens is 1. The number of amides is 1. The number of hydrogen-bond acceptors (Lipinski definition) is 2. The van der Waals surface area contributed by atoms with Crippen LogP contribution < -0.4 is 5.43 Å². The SMILES string of the molecule is Cc1cc(C)cc(-n2c(C)cc(/C=N/NC(=O)Cc3ccc(F)cc3)c2C)c1. The predicted octanol–water partition coefficient (Wildman–Crippen LogP) is 4.54. The number of aromatic nitrogens is 1. The molecule has 1 heterocycles. The fourth-order valence-corrected chi connectivity index (χ4v) is 3.40. The van der Waals surface area contributed by atoms with Crippen molar-refractivity contribution in [1.82, 2.24) is 9.99 Å². The first-order valence-electron chi connectivity index (χ1n) is 9.17. The van der Waals surface area contributed by atoms with E-state index in [1.165, 1.54) is 23.3 Å². The molecule has 0 radical (unpaired) electrons. The lowest BCUT2D eigenvalue weighted by Gasteiger charge is -2.11. The number of hydrazone groups is 1. The van der Waals surface area contributed by atoms with Gasteiger partial charge in [0, 0.05) is 22.6 Å². The summed E-state index contributed by atoms with van der Waals surface area (Å²) < 4.78 is 15.1. The summed E-state index contributed by atoms with van der Waals surface area (Å²) in [5.41, 5.74) is 9.92. The van der Waals surface area contributed by atoms with E-state index in [0.717, 1.165) is 28.2 Å². The molecule has 0 bridgehead atoms. The largest absolute Gasteiger partial charge is 0.318 e. The highest BCUT2D eigenvalue weighted by molar-refractivity contribution is 5.84. The zero-order valence-electron chi connectivity index (χ0n) is 16.6. The second-order valence-electron chi connectivity index (χ2n) is 7.10. The minimum absolute atomic E-state index is 0.152. The van der Waals surface area contributed by atoms with Gasteiger partial charge in [-0.3, -0.25) is 4.79 Å². The Morgan fingerprint density at radius 1 is 1.04 bits per heavy atom. The molecule has 4 nitrogen and oxygen atoms in total. The van der Waals surface area contributed by atoms with E-state index in [4.69, 9.17) is 0 Å². The quantitative estimate of drug-likeness (QED) is 0.515. The molecule has 0 saturated carbocycles. The molecule has 0 aliphatic rings. The van der Waals surface area contributed by atoms with Gasteiger partial charge in [-0.2, -0.15) is 5.10 Å². The van der Waals surface area contributed by atoms with E-state index in [1.807, 2.05) is 13.0 Å². The van der Waals surface area contributed by atoms with Gasteiger partial charge in [-0.1, -0.05) is 18.2 Å². The number of hydrogen-bond donors (Lipinski definition) is 1. The molecule has 0 saturated heterocycles. The van der Waals surface area contributed by atoms with E-state index in [-0.39, 0.29) is 18.1 Å². The highest BCUT2D eigenvalue weighted by Crippen LogP contribution is 2.21. The fraction of sp³-hybridized carbons (Fsp3) is 0.217. The Bertz CT molecular complexity index is 1010. The molecule has 0 atom stereocenters. The van der Waals surface area contributed by atoms with Crippen molar-refractivity contribution in [3.63, 3.8) is 0 Å². The average molecular weight is 377 g/mol. The van der Waals surface area contributed by atoms with Crippen LogP contribution >= 0.6 is 0 Å². The monoisotopic (exact) mass is 377 g/mol. The Labute approximate surface area is 164 Å². The lowest BCUT2D eigenvalue weighted by atomic mass is 10.1. The molecule has 2 aromatic carbocycles. The van der Waals surface area contributed by atoms with E-state index < -0.39 is 0 Å². The van der Waals surface area contributed by atoms with Crippen molar-refractivity contribution in [2.24, 2.45) is 5.10 Å². The average Bonchev–Trinajstić information content (AvgIpc) is 2.90. The Hall–Kier alpha value is -3.21. The van der Waals surface area contributed by atoms with Gasteiger partial charge < -0.3 is 4.57 Å². The van der Waals surface area contributed by atoms with Crippen LogP contribution in [-0.4, -0.2) is 16.7 Å². The summed E-state index contributed by atoms with van der Waals surface area (Å²) in [6, 6.07) is 14.4. The molecule has 0 unspecified atom stereocenters. The predicted molar refractivity (Wildman–Crippen MR) is 111 cm³/mol. The van der Waals surface area contributed by atoms with Crippen LogP contribution in [0.25, 0.3) is 5.69 Å². The lowest BCUT2D eigenvalue weighted by Crippen LogP contribution is -2.19. The van der Waals surface area contributed by atoms with Gasteiger partial charge in [-0.05, 0) is 74.7 Å². The van der Waals surface area contributed by atoms with E-state index in [1.54, 1.807) is 18.3 Å². The zero-order valence-corrected chi connectivity index (χ0v) is 16.6. The van der Waals surface area contributed by atoms with Crippen molar-refractivity contribution >= 4 is 12.1 Å². The van der Waals surface area contributed by atoms with Crippen molar-refractivity contribution in [1.29, 1.82) is 0 Å². The van der Waals surface area contributed by atoms with Gasteiger partial charge in [-0.25, -0.2) is 9.82 Å². The third kappa shape index (κ3) is 4.55. The van der Waals surface area contributed by atoms with E-state index in [9.17, 15) is 9.18 Å². The van der Waals surface area contributed by atoms with E-state index in [2.05, 4.69) is 54.1 Å². The first kappa shape index (κ1) is 19.5. The van der Waals surface area contributed by atoms with Crippen LogP contribution in [-0.2, 0) is 11.2 Å². The molecule has 28 heavy (non-hydrogen) atoms. The van der Waals surface area contributed by atoms with Gasteiger partial charge >= 0.3 is 0 Å². The normalized spacial score (nSPS) is 11.2. The molecular formula is C23H24FN3O. The molecule has 1 aromatic heterocycles. The summed E-state index contributed by atoms with van der Waals surface area (Å²) in [5, 5.41) is 4.09. The number of rotatable bonds is 5. The van der Waals surface area contributed by atoms with Gasteiger partial charge in [0.1, 0.15) is 5.82 Å². The third-order valence-corrected chi connectivity index (χ3v) is 4.61. The molecule has 0 aliphatic carbocycles. The van der Waals surface area contributed by atoms with Crippen molar-refractivity contribution in [3.05, 3.63) is 88.0 Å². The van der Waals surface area contributed by atoms with Gasteiger partial charge in [0.05, 0.1) is 12.6 Å². The number of aryl methyl sites for hydroxylation is 3. The molecule has 144 valence electrons. The maximum Gasteiger partial charge on any atom is 0.244 e. The van der Waals surface area contributed by atoms with Crippen LogP contribution in [0.1, 0.15) is 33.6 Å². The second kappa shape index (κ2) is 8.21. The third-order valence-electron chi connectivity index (χ3n) is 4.61. The van der Waals surface area contributed by atoms with Gasteiger partial charge in [0.25, 0.3) is 0 Å². The Morgan fingerprint density at radius 3 is 2.32 bits per heavy atom. The molecule has 1 amide bonds. The lowest BCUT2D eigenvalue weighted by molar-refractivity contribution is -0.120. The number of nitrogens with one attached hydrogen (secondary N) is 1. The van der Waals surface area contributed by atoms with E-state index in [0.29, 0.717) is 0 Å². The summed E-state index contributed by atoms with van der Waals surface area (Å²) >= 11 is 0. The van der Waals surface area contributed by atoms with Gasteiger partial charge in [0.15, 0.2) is 0 Å². The smallest absolute Gasteiger partial charge is 0.244 e. The van der Waals surface area contributed by atoms with Crippen LogP contribution in [0, 0.1) is 33.5 Å². The highest BCUT2D eigenvalue weighted by atomic mass is 19.1. The molecule has 0 aliphatic heterocycles. The Balaban J connectivity index is 1.72. The molecular weight excluding hydrogens is 353 g/mol. The van der Waals surface area contributed by atoms with Crippen LogP contribution in [0.3, 0.4) is 0 Å². The van der Waals surface area contributed by atoms with Crippen LogP contribution in [0.15, 0.2) is 53.6 Å². The van der Waals surface area contributed by atoms with Crippen molar-refractivity contribution in [2.75, 3.05) is 0 Å². The zero-order chi connectivity index (χ0) is 20.3. The molecule has 0 spiro atoms. The molecule has 3 aromatic rings. The first-order valence-corrected chi connectivity index (χ1v) is 9.17. The number of carbonyl (C=O) groups is 1. The van der Waals surface area contributed by atoms with E-state index >= 15 is 0 Å². The van der Waals surface area contributed by atoms with Crippen LogP contribution in [0.4, 0.5) is 4.39 Å². The summed E-state index contributed by atoms with van der Waals surface area (Å²) in [4.78, 5) is 12.0. The van der Waals surface area contributed by atoms with Crippen LogP contribution in [0.5, 0.6) is 0 Å². The Kier molecular flexibility index (Phi) is 5.73. The minimum Gasteiger partial charge on any atom is -0.318 e. The number of benzene rings is 2. The highest BCUT2D eigenvalue weighted by Gasteiger charge is 2.10. The number of carbonyl (C=O) groups excluding carboxylic acids is 1. The fourth-order valence-electron chi connectivity index (χ4n) is 3.40. The standard InChI is InChI=1S/C23H24FN3O/c1-15-9-16(2)11-22(10-15)27-17(3)12-20(18(27)4)14-25-26-23(28)13-19-5-7-21(24)8-6-19/h5-12,14H,13H2,1-4H3,(H,26,28)/b25-14+. The van der Waals surface area contributed by atoms with Gasteiger partial charge in [0.2, 0.25) is 5.91 Å². The summed E-state index contributed by atoms with van der Waals surface area (Å²) in [6.07, 6.45) is 1.81. The van der Waals surface area contributed by atoms with Gasteiger partial charge in [-0.15, -0.1) is 0 Å². The van der Waals surface area contributed by atoms with Crippen molar-refractivity contribution < 1.29 is 9.18 Å². The second-order valence-corrected chi connectivity index (χ2v) is 7.10. The summed E-state index contributed by atoms with van der Waals surface area (Å²) in [5.74, 6) is -0.563. The molecule has 5 heteroatoms. The maximum atomic E-state index is 12.9. The topological polar surface area (TPSA) is 46.4 Å². The molecule has 1 N–H and O–H groups in total.